The molecule has 0 saturated carbocycles. The molecule has 0 N–H and O–H groups in total. The van der Waals surface area contributed by atoms with Gasteiger partial charge in [-0.05, 0) is 35.9 Å². The van der Waals surface area contributed by atoms with Gasteiger partial charge in [0.1, 0.15) is 0 Å². The van der Waals surface area contributed by atoms with E-state index in [2.05, 4.69) is 4.99 Å². The van der Waals surface area contributed by atoms with Crippen molar-refractivity contribution in [3.05, 3.63) is 57.7 Å². The van der Waals surface area contributed by atoms with Gasteiger partial charge < -0.3 is 18.9 Å². The monoisotopic (exact) mass is 409 g/mol. The first-order valence-corrected chi connectivity index (χ1v) is 8.23. The quantitative estimate of drug-likeness (QED) is 0.424. The smallest absolute Gasteiger partial charge is 0.363 e. The molecule has 0 saturated heterocycles. The number of esters is 1. The molecule has 0 radical (unpaired) electrons. The molecule has 6 nitrogen and oxygen atoms in total. The van der Waals surface area contributed by atoms with Crippen LogP contribution in [0.4, 0.5) is 8.78 Å². The fourth-order valence-corrected chi connectivity index (χ4v) is 2.78. The minimum absolute atomic E-state index is 0.0396. The third-order valence-corrected chi connectivity index (χ3v) is 4.16. The summed E-state index contributed by atoms with van der Waals surface area (Å²) in [5, 5.41) is -0.139. The lowest BCUT2D eigenvalue weighted by Crippen LogP contribution is -2.07. The van der Waals surface area contributed by atoms with Gasteiger partial charge in [0.2, 0.25) is 11.6 Å². The zero-order chi connectivity index (χ0) is 20.4. The molecule has 0 atom stereocenters. The first kappa shape index (κ1) is 19.6. The Morgan fingerprint density at radius 1 is 1.00 bits per heavy atom. The lowest BCUT2D eigenvalue weighted by Gasteiger charge is -2.12. The fourth-order valence-electron chi connectivity index (χ4n) is 2.55. The number of halogens is 3. The standard InChI is InChI=1S/C19H14ClF2NO5/c1-25-15-5-9(6-16(26-2)17(15)27-3)4-14-19(24)28-18(23-14)10-7-12(21)13(22)8-11(10)20/h4-8H,1-3H3. The number of carbonyl (C=O) groups excluding carboxylic acids is 1. The molecule has 0 unspecified atom stereocenters. The molecular formula is C19H14ClF2NO5. The van der Waals surface area contributed by atoms with E-state index in [4.69, 9.17) is 30.5 Å². The van der Waals surface area contributed by atoms with Crippen molar-refractivity contribution in [2.24, 2.45) is 4.99 Å². The summed E-state index contributed by atoms with van der Waals surface area (Å²) in [5.41, 5.74) is 0.412. The van der Waals surface area contributed by atoms with Gasteiger partial charge in [-0.2, -0.15) is 0 Å². The van der Waals surface area contributed by atoms with Crippen LogP contribution in [-0.4, -0.2) is 33.2 Å². The van der Waals surface area contributed by atoms with Gasteiger partial charge in [-0.1, -0.05) is 11.6 Å². The van der Waals surface area contributed by atoms with Crippen LogP contribution in [0.25, 0.3) is 6.08 Å². The van der Waals surface area contributed by atoms with Crippen LogP contribution in [0.15, 0.2) is 35.0 Å². The zero-order valence-corrected chi connectivity index (χ0v) is 15.8. The second kappa shape index (κ2) is 7.85. The predicted molar refractivity (Wildman–Crippen MR) is 98.1 cm³/mol. The molecule has 0 amide bonds. The van der Waals surface area contributed by atoms with Crippen molar-refractivity contribution in [3.8, 4) is 17.2 Å². The normalized spacial score (nSPS) is 14.7. The number of cyclic esters (lactones) is 1. The van der Waals surface area contributed by atoms with Gasteiger partial charge in [0.25, 0.3) is 0 Å². The van der Waals surface area contributed by atoms with Crippen molar-refractivity contribution in [2.75, 3.05) is 21.3 Å². The minimum Gasteiger partial charge on any atom is -0.493 e. The zero-order valence-electron chi connectivity index (χ0n) is 15.0. The van der Waals surface area contributed by atoms with E-state index in [1.807, 2.05) is 0 Å². The highest BCUT2D eigenvalue weighted by atomic mass is 35.5. The van der Waals surface area contributed by atoms with E-state index in [9.17, 15) is 13.6 Å². The molecule has 0 spiro atoms. The number of carbonyl (C=O) groups is 1. The van der Waals surface area contributed by atoms with E-state index in [0.717, 1.165) is 12.1 Å². The molecule has 0 bridgehead atoms. The van der Waals surface area contributed by atoms with Crippen LogP contribution in [0.1, 0.15) is 11.1 Å². The highest BCUT2D eigenvalue weighted by Crippen LogP contribution is 2.39. The number of rotatable bonds is 5. The molecule has 2 aromatic rings. The number of aliphatic imine (C=N–C) groups is 1. The van der Waals surface area contributed by atoms with Crippen LogP contribution in [0.3, 0.4) is 0 Å². The first-order valence-electron chi connectivity index (χ1n) is 7.85. The molecule has 9 heteroatoms. The molecule has 3 rings (SSSR count). The summed E-state index contributed by atoms with van der Waals surface area (Å²) in [5.74, 6) is -2.11. The number of hydrogen-bond donors (Lipinski definition) is 0. The van der Waals surface area contributed by atoms with Gasteiger partial charge in [-0.25, -0.2) is 18.6 Å². The topological polar surface area (TPSA) is 66.4 Å². The van der Waals surface area contributed by atoms with Crippen molar-refractivity contribution in [2.45, 2.75) is 0 Å². The highest BCUT2D eigenvalue weighted by molar-refractivity contribution is 6.34. The van der Waals surface area contributed by atoms with Gasteiger partial charge in [-0.15, -0.1) is 0 Å². The SMILES string of the molecule is COc1cc(C=C2N=C(c3cc(F)c(F)cc3Cl)OC2=O)cc(OC)c1OC. The first-order chi connectivity index (χ1) is 13.4. The minimum atomic E-state index is -1.14. The fraction of sp³-hybridized carbons (Fsp3) is 0.158. The molecule has 146 valence electrons. The molecular weight excluding hydrogens is 396 g/mol. The van der Waals surface area contributed by atoms with E-state index in [1.165, 1.54) is 27.4 Å². The predicted octanol–water partition coefficient (Wildman–Crippen LogP) is 3.99. The maximum absolute atomic E-state index is 13.5. The summed E-state index contributed by atoms with van der Waals surface area (Å²) in [7, 11) is 4.38. The number of nitrogens with zero attached hydrogens (tertiary/aromatic N) is 1. The Morgan fingerprint density at radius 3 is 2.18 bits per heavy atom. The number of hydrogen-bond acceptors (Lipinski definition) is 6. The third-order valence-electron chi connectivity index (χ3n) is 3.85. The van der Waals surface area contributed by atoms with Crippen molar-refractivity contribution in [3.63, 3.8) is 0 Å². The molecule has 28 heavy (non-hydrogen) atoms. The van der Waals surface area contributed by atoms with Gasteiger partial charge in [-0.3, -0.25) is 0 Å². The maximum Gasteiger partial charge on any atom is 0.363 e. The number of benzene rings is 2. The van der Waals surface area contributed by atoms with Crippen LogP contribution in [0, 0.1) is 11.6 Å². The van der Waals surface area contributed by atoms with Crippen molar-refractivity contribution in [1.82, 2.24) is 0 Å². The third kappa shape index (κ3) is 3.63. The largest absolute Gasteiger partial charge is 0.493 e. The summed E-state index contributed by atoms with van der Waals surface area (Å²) < 4.78 is 47.6. The summed E-state index contributed by atoms with van der Waals surface area (Å²) in [6.45, 7) is 0. The summed E-state index contributed by atoms with van der Waals surface area (Å²) >= 11 is 5.90. The van der Waals surface area contributed by atoms with Gasteiger partial charge in [0, 0.05) is 0 Å². The molecule has 1 aliphatic rings. The molecule has 2 aromatic carbocycles. The van der Waals surface area contributed by atoms with E-state index in [0.29, 0.717) is 22.8 Å². The van der Waals surface area contributed by atoms with E-state index < -0.39 is 17.6 Å². The average Bonchev–Trinajstić information content (AvgIpc) is 3.03. The molecule has 1 heterocycles. The van der Waals surface area contributed by atoms with E-state index >= 15 is 0 Å². The molecule has 0 fully saturated rings. The summed E-state index contributed by atoms with van der Waals surface area (Å²) in [6.07, 6.45) is 1.42. The number of ether oxygens (including phenoxy) is 4. The van der Waals surface area contributed by atoms with Crippen molar-refractivity contribution >= 4 is 29.5 Å². The lowest BCUT2D eigenvalue weighted by molar-refractivity contribution is -0.129. The Morgan fingerprint density at radius 2 is 1.61 bits per heavy atom. The van der Waals surface area contributed by atoms with Gasteiger partial charge in [0.15, 0.2) is 28.8 Å². The van der Waals surface area contributed by atoms with E-state index in [-0.39, 0.29) is 22.2 Å². The van der Waals surface area contributed by atoms with E-state index in [1.54, 1.807) is 12.1 Å². The van der Waals surface area contributed by atoms with Crippen molar-refractivity contribution in [1.29, 1.82) is 0 Å². The lowest BCUT2D eigenvalue weighted by atomic mass is 10.1. The second-order valence-electron chi connectivity index (χ2n) is 5.54. The van der Waals surface area contributed by atoms with Crippen LogP contribution in [0.2, 0.25) is 5.02 Å². The van der Waals surface area contributed by atoms with Gasteiger partial charge >= 0.3 is 5.97 Å². The summed E-state index contributed by atoms with van der Waals surface area (Å²) in [4.78, 5) is 16.2. The van der Waals surface area contributed by atoms with Crippen LogP contribution < -0.4 is 14.2 Å². The Labute approximate surface area is 163 Å². The van der Waals surface area contributed by atoms with Crippen molar-refractivity contribution < 1.29 is 32.5 Å². The van der Waals surface area contributed by atoms with Gasteiger partial charge in [0.05, 0.1) is 31.9 Å². The maximum atomic E-state index is 13.5. The second-order valence-corrected chi connectivity index (χ2v) is 5.95. The molecule has 1 aliphatic heterocycles. The summed E-state index contributed by atoms with van der Waals surface area (Å²) in [6, 6.07) is 4.81. The van der Waals surface area contributed by atoms with Crippen LogP contribution >= 0.6 is 11.6 Å². The Bertz CT molecular complexity index is 995. The Hall–Kier alpha value is -3.13. The average molecular weight is 410 g/mol. The molecule has 0 aliphatic carbocycles. The Kier molecular flexibility index (Phi) is 5.51. The van der Waals surface area contributed by atoms with Crippen LogP contribution in [0.5, 0.6) is 17.2 Å². The molecule has 0 aromatic heterocycles. The highest BCUT2D eigenvalue weighted by Gasteiger charge is 2.27. The number of methoxy groups -OCH3 is 3. The van der Waals surface area contributed by atoms with Crippen LogP contribution in [-0.2, 0) is 9.53 Å². The Balaban J connectivity index is 2.04.